The zero-order chi connectivity index (χ0) is 27.5. The molecule has 1 aliphatic heterocycles. The number of rotatable bonds is 8. The summed E-state index contributed by atoms with van der Waals surface area (Å²) in [6, 6.07) is 23.9. The molecular weight excluding hydrogens is 629 g/mol. The standard InChI is InChI=1S/C30H22INO6S/c1-37-25-14-19(13-24(31)27(25)38-17-18-6-4-9-21(12-18)29(34)35)15-26-28(33)32(30(36)39-26)16-22-10-5-8-20-7-2-3-11-23(20)22/h2-15H,16-17H2,1H3,(H,34,35)/b26-15+. The van der Waals surface area contributed by atoms with Crippen LogP contribution in [0.3, 0.4) is 0 Å². The minimum atomic E-state index is -1.00. The van der Waals surface area contributed by atoms with E-state index in [0.717, 1.165) is 31.7 Å². The smallest absolute Gasteiger partial charge is 0.335 e. The van der Waals surface area contributed by atoms with Crippen molar-refractivity contribution < 1.29 is 29.0 Å². The molecule has 9 heteroatoms. The van der Waals surface area contributed by atoms with Crippen LogP contribution in [0.1, 0.15) is 27.0 Å². The van der Waals surface area contributed by atoms with Gasteiger partial charge in [0.1, 0.15) is 6.61 Å². The van der Waals surface area contributed by atoms with Gasteiger partial charge in [-0.25, -0.2) is 4.79 Å². The highest BCUT2D eigenvalue weighted by atomic mass is 127. The lowest BCUT2D eigenvalue weighted by molar-refractivity contribution is -0.123. The summed E-state index contributed by atoms with van der Waals surface area (Å²) in [5.74, 6) is -0.391. The van der Waals surface area contributed by atoms with Gasteiger partial charge in [0, 0.05) is 0 Å². The molecule has 7 nitrogen and oxygen atoms in total. The Bertz CT molecular complexity index is 1640. The van der Waals surface area contributed by atoms with Crippen LogP contribution in [0.5, 0.6) is 11.5 Å². The molecule has 1 saturated heterocycles. The zero-order valence-electron chi connectivity index (χ0n) is 20.7. The number of carboxylic acids is 1. The summed E-state index contributed by atoms with van der Waals surface area (Å²) in [4.78, 5) is 38.9. The molecule has 196 valence electrons. The van der Waals surface area contributed by atoms with Crippen molar-refractivity contribution in [2.75, 3.05) is 7.11 Å². The van der Waals surface area contributed by atoms with Gasteiger partial charge in [-0.3, -0.25) is 14.5 Å². The molecule has 2 amide bonds. The molecule has 0 unspecified atom stereocenters. The minimum absolute atomic E-state index is 0.153. The van der Waals surface area contributed by atoms with Gasteiger partial charge in [-0.05, 0) is 92.2 Å². The quantitative estimate of drug-likeness (QED) is 0.163. The van der Waals surface area contributed by atoms with E-state index in [1.807, 2.05) is 48.5 Å². The van der Waals surface area contributed by atoms with Gasteiger partial charge in [0.2, 0.25) is 0 Å². The lowest BCUT2D eigenvalue weighted by Gasteiger charge is -2.15. The Balaban J connectivity index is 1.36. The Labute approximate surface area is 242 Å². The number of hydrogen-bond donors (Lipinski definition) is 1. The lowest BCUT2D eigenvalue weighted by Crippen LogP contribution is -2.27. The summed E-state index contributed by atoms with van der Waals surface area (Å²) >= 11 is 3.03. The number of ether oxygens (including phenoxy) is 2. The molecule has 1 aliphatic rings. The second kappa shape index (κ2) is 11.5. The molecule has 1 N–H and O–H groups in total. The first-order valence-corrected chi connectivity index (χ1v) is 13.8. The van der Waals surface area contributed by atoms with Crippen molar-refractivity contribution in [1.29, 1.82) is 0 Å². The third-order valence-electron chi connectivity index (χ3n) is 6.19. The number of hydrogen-bond acceptors (Lipinski definition) is 6. The number of thioether (sulfide) groups is 1. The van der Waals surface area contributed by atoms with Crippen LogP contribution in [0.15, 0.2) is 83.8 Å². The number of halogens is 1. The number of carbonyl (C=O) groups excluding carboxylic acids is 2. The van der Waals surface area contributed by atoms with Gasteiger partial charge >= 0.3 is 5.97 Å². The van der Waals surface area contributed by atoms with E-state index in [1.54, 1.807) is 30.3 Å². The molecule has 5 rings (SSSR count). The molecule has 4 aromatic rings. The van der Waals surface area contributed by atoms with Crippen molar-refractivity contribution in [3.05, 3.63) is 110 Å². The number of nitrogens with zero attached hydrogens (tertiary/aromatic N) is 1. The molecule has 4 aromatic carbocycles. The number of fused-ring (bicyclic) bond motifs is 1. The van der Waals surface area contributed by atoms with E-state index in [2.05, 4.69) is 22.6 Å². The summed E-state index contributed by atoms with van der Waals surface area (Å²) in [6.07, 6.45) is 1.68. The van der Waals surface area contributed by atoms with Crippen LogP contribution >= 0.6 is 34.4 Å². The Morgan fingerprint density at radius 3 is 2.59 bits per heavy atom. The van der Waals surface area contributed by atoms with E-state index in [0.29, 0.717) is 27.5 Å². The summed E-state index contributed by atoms with van der Waals surface area (Å²) in [7, 11) is 1.52. The van der Waals surface area contributed by atoms with E-state index in [4.69, 9.17) is 9.47 Å². The molecule has 0 bridgehead atoms. The van der Waals surface area contributed by atoms with Crippen LogP contribution in [-0.4, -0.2) is 34.2 Å². The number of carbonyl (C=O) groups is 3. The SMILES string of the molecule is COc1cc(/C=C2/SC(=O)N(Cc3cccc4ccccc34)C2=O)cc(I)c1OCc1cccc(C(=O)O)c1. The maximum absolute atomic E-state index is 13.2. The van der Waals surface area contributed by atoms with Crippen LogP contribution < -0.4 is 9.47 Å². The molecule has 0 aliphatic carbocycles. The van der Waals surface area contributed by atoms with Crippen LogP contribution in [-0.2, 0) is 17.9 Å². The molecule has 39 heavy (non-hydrogen) atoms. The Kier molecular flexibility index (Phi) is 7.89. The third-order valence-corrected chi connectivity index (χ3v) is 7.90. The first-order valence-electron chi connectivity index (χ1n) is 11.9. The normalized spacial score (nSPS) is 14.3. The second-order valence-electron chi connectivity index (χ2n) is 8.73. The highest BCUT2D eigenvalue weighted by Gasteiger charge is 2.35. The predicted molar refractivity (Wildman–Crippen MR) is 159 cm³/mol. The molecule has 0 atom stereocenters. The average Bonchev–Trinajstić information content (AvgIpc) is 3.19. The van der Waals surface area contributed by atoms with Crippen molar-refractivity contribution in [3.63, 3.8) is 0 Å². The van der Waals surface area contributed by atoms with E-state index in [1.165, 1.54) is 18.1 Å². The number of aromatic carboxylic acids is 1. The molecule has 0 saturated carbocycles. The number of imide groups is 1. The molecule has 0 spiro atoms. The molecular formula is C30H22INO6S. The molecule has 0 aromatic heterocycles. The maximum Gasteiger partial charge on any atom is 0.335 e. The van der Waals surface area contributed by atoms with Crippen molar-refractivity contribution in [2.45, 2.75) is 13.2 Å². The van der Waals surface area contributed by atoms with E-state index < -0.39 is 5.97 Å². The minimum Gasteiger partial charge on any atom is -0.493 e. The highest BCUT2D eigenvalue weighted by molar-refractivity contribution is 14.1. The fraction of sp³-hybridized carbons (Fsp3) is 0.100. The van der Waals surface area contributed by atoms with Crippen molar-refractivity contribution in [3.8, 4) is 11.5 Å². The van der Waals surface area contributed by atoms with Gasteiger partial charge in [0.15, 0.2) is 11.5 Å². The fourth-order valence-corrected chi connectivity index (χ4v) is 5.92. The molecule has 1 fully saturated rings. The average molecular weight is 651 g/mol. The zero-order valence-corrected chi connectivity index (χ0v) is 23.7. The first-order chi connectivity index (χ1) is 18.8. The largest absolute Gasteiger partial charge is 0.493 e. The Morgan fingerprint density at radius 1 is 1.03 bits per heavy atom. The van der Waals surface area contributed by atoms with E-state index in [-0.39, 0.29) is 29.9 Å². The highest BCUT2D eigenvalue weighted by Crippen LogP contribution is 2.38. The van der Waals surface area contributed by atoms with Crippen LogP contribution in [0, 0.1) is 3.57 Å². The number of amides is 2. The summed E-state index contributed by atoms with van der Waals surface area (Å²) in [5.41, 5.74) is 2.48. The molecule has 1 heterocycles. The number of methoxy groups -OCH3 is 1. The third kappa shape index (κ3) is 5.79. The number of benzene rings is 4. The lowest BCUT2D eigenvalue weighted by atomic mass is 10.0. The summed E-state index contributed by atoms with van der Waals surface area (Å²) in [6.45, 7) is 0.347. The Morgan fingerprint density at radius 2 is 1.79 bits per heavy atom. The summed E-state index contributed by atoms with van der Waals surface area (Å²) in [5, 5.41) is 11.0. The van der Waals surface area contributed by atoms with Crippen molar-refractivity contribution in [2.24, 2.45) is 0 Å². The molecule has 0 radical (unpaired) electrons. The van der Waals surface area contributed by atoms with Crippen LogP contribution in [0.2, 0.25) is 0 Å². The Hall–Kier alpha value is -3.83. The van der Waals surface area contributed by atoms with Crippen LogP contribution in [0.4, 0.5) is 4.79 Å². The van der Waals surface area contributed by atoms with Gasteiger partial charge in [-0.2, -0.15) is 0 Å². The fourth-order valence-electron chi connectivity index (χ4n) is 4.30. The van der Waals surface area contributed by atoms with Gasteiger partial charge in [0.25, 0.3) is 11.1 Å². The first kappa shape index (κ1) is 26.8. The monoisotopic (exact) mass is 651 g/mol. The van der Waals surface area contributed by atoms with Gasteiger partial charge < -0.3 is 14.6 Å². The van der Waals surface area contributed by atoms with E-state index >= 15 is 0 Å². The van der Waals surface area contributed by atoms with Gasteiger partial charge in [0.05, 0.1) is 27.7 Å². The van der Waals surface area contributed by atoms with Crippen molar-refractivity contribution >= 4 is 68.3 Å². The van der Waals surface area contributed by atoms with Crippen LogP contribution in [0.25, 0.3) is 16.8 Å². The number of carboxylic acid groups (broad SMARTS) is 1. The summed E-state index contributed by atoms with van der Waals surface area (Å²) < 4.78 is 12.3. The van der Waals surface area contributed by atoms with Gasteiger partial charge in [-0.1, -0.05) is 54.6 Å². The second-order valence-corrected chi connectivity index (χ2v) is 10.9. The van der Waals surface area contributed by atoms with Crippen molar-refractivity contribution in [1.82, 2.24) is 4.90 Å². The maximum atomic E-state index is 13.2. The topological polar surface area (TPSA) is 93.1 Å². The van der Waals surface area contributed by atoms with E-state index in [9.17, 15) is 19.5 Å². The predicted octanol–water partition coefficient (Wildman–Crippen LogP) is 6.97. The van der Waals surface area contributed by atoms with Gasteiger partial charge in [-0.15, -0.1) is 0 Å².